The zero-order valence-electron chi connectivity index (χ0n) is 19.5. The number of aryl methyl sites for hydroxylation is 1. The summed E-state index contributed by atoms with van der Waals surface area (Å²) in [4.78, 5) is 14.5. The first-order valence-electron chi connectivity index (χ1n) is 11.6. The van der Waals surface area contributed by atoms with Gasteiger partial charge in [-0.2, -0.15) is 15.3 Å². The van der Waals surface area contributed by atoms with Gasteiger partial charge in [0.1, 0.15) is 17.5 Å². The van der Waals surface area contributed by atoms with Gasteiger partial charge < -0.3 is 15.6 Å². The zero-order valence-corrected chi connectivity index (χ0v) is 20.2. The second-order valence-electron chi connectivity index (χ2n) is 9.20. The van der Waals surface area contributed by atoms with Gasteiger partial charge in [-0.1, -0.05) is 35.9 Å². The topological polar surface area (TPSA) is 112 Å². The average molecular weight is 501 g/mol. The summed E-state index contributed by atoms with van der Waals surface area (Å²) in [5.74, 6) is 0.150. The molecule has 4 heterocycles. The summed E-state index contributed by atoms with van der Waals surface area (Å²) in [5.41, 5.74) is 9.49. The second-order valence-corrected chi connectivity index (χ2v) is 9.57. The minimum Gasteiger partial charge on any atom is -0.345 e. The van der Waals surface area contributed by atoms with Crippen molar-refractivity contribution in [3.63, 3.8) is 0 Å². The van der Waals surface area contributed by atoms with Crippen LogP contribution in [0.1, 0.15) is 24.1 Å². The Morgan fingerprint density at radius 2 is 1.92 bits per heavy atom. The summed E-state index contributed by atoms with van der Waals surface area (Å²) in [6, 6.07) is 12.7. The van der Waals surface area contributed by atoms with Crippen LogP contribution < -0.4 is 10.6 Å². The van der Waals surface area contributed by atoms with Gasteiger partial charge in [0.2, 0.25) is 5.95 Å². The van der Waals surface area contributed by atoms with Gasteiger partial charge in [0.05, 0.1) is 15.9 Å². The molecule has 0 amide bonds. The van der Waals surface area contributed by atoms with Crippen LogP contribution in [0, 0.1) is 17.1 Å². The molecule has 0 saturated carbocycles. The highest BCUT2D eigenvalue weighted by Gasteiger charge is 2.35. The maximum atomic E-state index is 14.4. The maximum absolute atomic E-state index is 14.4. The number of nitrogens with two attached hydrogens (primary N) is 1. The van der Waals surface area contributed by atoms with Crippen LogP contribution in [0.4, 0.5) is 10.3 Å². The van der Waals surface area contributed by atoms with Crippen molar-refractivity contribution in [2.24, 2.45) is 12.8 Å². The number of piperidine rings is 1. The van der Waals surface area contributed by atoms with Crippen LogP contribution in [-0.2, 0) is 12.6 Å². The Balaban J connectivity index is 1.35. The molecule has 36 heavy (non-hydrogen) atoms. The molecule has 8 nitrogen and oxygen atoms in total. The van der Waals surface area contributed by atoms with Crippen molar-refractivity contribution in [1.82, 2.24) is 24.7 Å². The van der Waals surface area contributed by atoms with Gasteiger partial charge in [-0.25, -0.2) is 9.37 Å². The fourth-order valence-corrected chi connectivity index (χ4v) is 5.39. The summed E-state index contributed by atoms with van der Waals surface area (Å²) >= 11 is 6.75. The number of aromatic nitrogens is 5. The fraction of sp³-hybridized carbons (Fsp3) is 0.231. The third-order valence-electron chi connectivity index (χ3n) is 7.00. The number of hydrogen-bond acceptors (Lipinski definition) is 6. The number of benzene rings is 2. The van der Waals surface area contributed by atoms with Crippen LogP contribution in [0.25, 0.3) is 33.1 Å². The molecule has 3 N–H and O–H groups in total. The van der Waals surface area contributed by atoms with E-state index >= 15 is 0 Å². The van der Waals surface area contributed by atoms with E-state index in [0.717, 1.165) is 22.0 Å². The molecule has 0 atom stereocenters. The number of anilines is 1. The predicted octanol–water partition coefficient (Wildman–Crippen LogP) is 4.63. The molecule has 1 aliphatic heterocycles. The number of H-pyrrole nitrogens is 1. The van der Waals surface area contributed by atoms with Crippen LogP contribution in [0.15, 0.2) is 48.8 Å². The van der Waals surface area contributed by atoms with E-state index in [1.165, 1.54) is 6.07 Å². The monoisotopic (exact) mass is 500 g/mol. The van der Waals surface area contributed by atoms with Crippen LogP contribution in [0.5, 0.6) is 0 Å². The van der Waals surface area contributed by atoms with Crippen molar-refractivity contribution in [2.45, 2.75) is 18.4 Å². The quantitative estimate of drug-likeness (QED) is 0.373. The first kappa shape index (κ1) is 22.5. The van der Waals surface area contributed by atoms with Crippen molar-refractivity contribution >= 4 is 39.5 Å². The number of rotatable bonds is 3. The molecule has 1 aliphatic rings. The van der Waals surface area contributed by atoms with Gasteiger partial charge in [-0.15, -0.1) is 0 Å². The standard InChI is InChI=1S/C26H22ClFN8/c1-35-14-17-20(34-35)7-6-15(23(17)27)16-13-31-24-22(16)21(12-29)32-25(33-24)36-10-8-26(30,9-11-36)18-4-2-3-5-19(18)28/h2-7,13-14H,8-11,30H2,1H3,(H,31,32,33). The third kappa shape index (κ3) is 3.49. The molecule has 1 saturated heterocycles. The molecule has 0 radical (unpaired) electrons. The molecular formula is C26H22ClFN8. The lowest BCUT2D eigenvalue weighted by molar-refractivity contribution is 0.328. The minimum atomic E-state index is -0.759. The molecule has 3 aromatic heterocycles. The highest BCUT2D eigenvalue weighted by atomic mass is 35.5. The number of aromatic amines is 1. The lowest BCUT2D eigenvalue weighted by Crippen LogP contribution is -2.49. The molecule has 0 unspecified atom stereocenters. The Morgan fingerprint density at radius 1 is 1.14 bits per heavy atom. The van der Waals surface area contributed by atoms with Crippen molar-refractivity contribution in [3.8, 4) is 17.2 Å². The highest BCUT2D eigenvalue weighted by molar-refractivity contribution is 6.38. The summed E-state index contributed by atoms with van der Waals surface area (Å²) in [6.07, 6.45) is 4.74. The van der Waals surface area contributed by atoms with E-state index in [2.05, 4.69) is 21.1 Å². The van der Waals surface area contributed by atoms with Gasteiger partial charge in [-0.05, 0) is 25.0 Å². The van der Waals surface area contributed by atoms with Crippen molar-refractivity contribution in [1.29, 1.82) is 5.26 Å². The van der Waals surface area contributed by atoms with Crippen LogP contribution in [-0.4, -0.2) is 37.8 Å². The molecule has 6 rings (SSSR count). The Hall–Kier alpha value is -4.00. The molecule has 2 aromatic carbocycles. The lowest BCUT2D eigenvalue weighted by atomic mass is 9.81. The van der Waals surface area contributed by atoms with Crippen LogP contribution in [0.2, 0.25) is 5.02 Å². The van der Waals surface area contributed by atoms with Crippen molar-refractivity contribution in [3.05, 3.63) is 70.9 Å². The molecule has 1 fully saturated rings. The van der Waals surface area contributed by atoms with Gasteiger partial charge in [-0.3, -0.25) is 4.68 Å². The molecule has 5 aromatic rings. The number of nitriles is 1. The number of fused-ring (bicyclic) bond motifs is 2. The minimum absolute atomic E-state index is 0.257. The summed E-state index contributed by atoms with van der Waals surface area (Å²) in [6.45, 7) is 1.08. The molecule has 10 heteroatoms. The SMILES string of the molecule is Cn1cc2c(Cl)c(-c3c[nH]c4nc(N5CCC(N)(c6ccccc6F)CC5)nc(C#N)c34)ccc2n1. The van der Waals surface area contributed by atoms with Gasteiger partial charge in [0.25, 0.3) is 0 Å². The molecule has 0 bridgehead atoms. The van der Waals surface area contributed by atoms with E-state index in [-0.39, 0.29) is 11.5 Å². The highest BCUT2D eigenvalue weighted by Crippen LogP contribution is 2.39. The van der Waals surface area contributed by atoms with Crippen LogP contribution >= 0.6 is 11.6 Å². The van der Waals surface area contributed by atoms with Crippen molar-refractivity contribution < 1.29 is 4.39 Å². The number of halogens is 2. The maximum Gasteiger partial charge on any atom is 0.228 e. The van der Waals surface area contributed by atoms with E-state index in [0.29, 0.717) is 53.5 Å². The van der Waals surface area contributed by atoms with Crippen molar-refractivity contribution in [2.75, 3.05) is 18.0 Å². The third-order valence-corrected chi connectivity index (χ3v) is 7.41. The largest absolute Gasteiger partial charge is 0.345 e. The summed E-state index contributed by atoms with van der Waals surface area (Å²) < 4.78 is 16.1. The second kappa shape index (κ2) is 8.29. The van der Waals surface area contributed by atoms with E-state index in [1.54, 1.807) is 29.1 Å². The van der Waals surface area contributed by atoms with Gasteiger partial charge >= 0.3 is 0 Å². The molecule has 0 spiro atoms. The van der Waals surface area contributed by atoms with E-state index in [9.17, 15) is 9.65 Å². The van der Waals surface area contributed by atoms with E-state index in [1.807, 2.05) is 30.3 Å². The smallest absolute Gasteiger partial charge is 0.228 e. The number of nitrogens with one attached hydrogen (secondary N) is 1. The summed E-state index contributed by atoms with van der Waals surface area (Å²) in [7, 11) is 1.84. The Bertz CT molecular complexity index is 1670. The lowest BCUT2D eigenvalue weighted by Gasteiger charge is -2.39. The van der Waals surface area contributed by atoms with Crippen LogP contribution in [0.3, 0.4) is 0 Å². The molecule has 0 aliphatic carbocycles. The fourth-order valence-electron chi connectivity index (χ4n) is 5.08. The molecule has 180 valence electrons. The normalized spacial score (nSPS) is 15.5. The molecular weight excluding hydrogens is 479 g/mol. The number of nitrogens with zero attached hydrogens (tertiary/aromatic N) is 6. The number of hydrogen-bond donors (Lipinski definition) is 2. The predicted molar refractivity (Wildman–Crippen MR) is 137 cm³/mol. The Labute approximate surface area is 211 Å². The first-order chi connectivity index (χ1) is 17.4. The average Bonchev–Trinajstić information content (AvgIpc) is 3.48. The Morgan fingerprint density at radius 3 is 2.67 bits per heavy atom. The van der Waals surface area contributed by atoms with Gasteiger partial charge in [0.15, 0.2) is 5.69 Å². The van der Waals surface area contributed by atoms with E-state index in [4.69, 9.17) is 22.3 Å². The first-order valence-corrected chi connectivity index (χ1v) is 12.0. The Kier molecular flexibility index (Phi) is 5.18. The zero-order chi connectivity index (χ0) is 25.0. The van der Waals surface area contributed by atoms with E-state index < -0.39 is 5.54 Å². The summed E-state index contributed by atoms with van der Waals surface area (Å²) in [5, 5.41) is 16.4. The van der Waals surface area contributed by atoms with Gasteiger partial charge in [0, 0.05) is 60.1 Å².